The van der Waals surface area contributed by atoms with Crippen LogP contribution in [0.5, 0.6) is 0 Å². The van der Waals surface area contributed by atoms with Crippen LogP contribution in [0.1, 0.15) is 57.8 Å². The maximum absolute atomic E-state index is 4.52. The van der Waals surface area contributed by atoms with Crippen LogP contribution in [0.15, 0.2) is 4.99 Å². The van der Waals surface area contributed by atoms with Gasteiger partial charge in [-0.25, -0.2) is 0 Å². The number of nitrogens with one attached hydrogen (secondary N) is 1. The number of hydrogen-bond acceptors (Lipinski definition) is 2. The number of nitrogens with zero attached hydrogens (tertiary/aromatic N) is 1. The van der Waals surface area contributed by atoms with Crippen LogP contribution in [0.3, 0.4) is 0 Å². The van der Waals surface area contributed by atoms with Gasteiger partial charge in [0.25, 0.3) is 0 Å². The molecule has 1 heterocycles. The number of hydrogen-bond donors (Lipinski definition) is 1. The largest absolute Gasteiger partial charge is 0.374 e. The lowest BCUT2D eigenvalue weighted by Crippen LogP contribution is -2.28. The van der Waals surface area contributed by atoms with Gasteiger partial charge in [0.2, 0.25) is 0 Å². The molecule has 0 unspecified atom stereocenters. The van der Waals surface area contributed by atoms with Crippen molar-refractivity contribution in [2.45, 2.75) is 57.8 Å². The predicted octanol–water partition coefficient (Wildman–Crippen LogP) is 3.13. The minimum Gasteiger partial charge on any atom is -0.374 e. The predicted molar refractivity (Wildman–Crippen MR) is 65.3 cm³/mol. The van der Waals surface area contributed by atoms with Gasteiger partial charge in [-0.2, -0.15) is 0 Å². The summed E-state index contributed by atoms with van der Waals surface area (Å²) >= 11 is 0. The van der Waals surface area contributed by atoms with Gasteiger partial charge in [-0.1, -0.05) is 32.1 Å². The Balaban J connectivity index is 1.59. The van der Waals surface area contributed by atoms with E-state index in [1.807, 2.05) is 0 Å². The zero-order chi connectivity index (χ0) is 10.3. The van der Waals surface area contributed by atoms with E-state index in [2.05, 4.69) is 10.3 Å². The zero-order valence-electron chi connectivity index (χ0n) is 9.80. The Labute approximate surface area is 93.6 Å². The lowest BCUT2D eigenvalue weighted by atomic mass is 9.87. The molecule has 0 aromatic rings. The molecule has 86 valence electrons. The summed E-state index contributed by atoms with van der Waals surface area (Å²) in [6.45, 7) is 2.20. The lowest BCUT2D eigenvalue weighted by Gasteiger charge is -2.22. The Bertz CT molecular complexity index is 205. The second kappa shape index (κ2) is 6.14. The molecule has 15 heavy (non-hydrogen) atoms. The fourth-order valence-electron chi connectivity index (χ4n) is 2.74. The van der Waals surface area contributed by atoms with Crippen LogP contribution in [0.2, 0.25) is 0 Å². The Hall–Kier alpha value is -0.530. The van der Waals surface area contributed by atoms with E-state index in [9.17, 15) is 0 Å². The molecule has 1 saturated carbocycles. The fraction of sp³-hybridized carbons (Fsp3) is 0.923. The summed E-state index contributed by atoms with van der Waals surface area (Å²) in [7, 11) is 0. The van der Waals surface area contributed by atoms with Crippen LogP contribution < -0.4 is 5.32 Å². The van der Waals surface area contributed by atoms with Crippen molar-refractivity contribution in [3.63, 3.8) is 0 Å². The van der Waals surface area contributed by atoms with Crippen molar-refractivity contribution in [3.8, 4) is 0 Å². The molecule has 0 aromatic carbocycles. The molecule has 0 radical (unpaired) electrons. The molecule has 2 rings (SSSR count). The van der Waals surface area contributed by atoms with Crippen LogP contribution >= 0.6 is 0 Å². The first kappa shape index (κ1) is 11.0. The highest BCUT2D eigenvalue weighted by Crippen LogP contribution is 2.25. The van der Waals surface area contributed by atoms with Gasteiger partial charge in [0.05, 0.1) is 5.84 Å². The van der Waals surface area contributed by atoms with E-state index in [-0.39, 0.29) is 0 Å². The van der Waals surface area contributed by atoms with Crippen molar-refractivity contribution in [2.24, 2.45) is 10.9 Å². The maximum Gasteiger partial charge on any atom is 0.0963 e. The Morgan fingerprint density at radius 3 is 2.67 bits per heavy atom. The summed E-state index contributed by atoms with van der Waals surface area (Å²) in [5.74, 6) is 2.27. The van der Waals surface area contributed by atoms with Gasteiger partial charge in [-0.15, -0.1) is 0 Å². The van der Waals surface area contributed by atoms with Crippen LogP contribution in [-0.4, -0.2) is 18.9 Å². The van der Waals surface area contributed by atoms with Crippen molar-refractivity contribution in [1.82, 2.24) is 5.32 Å². The standard InChI is InChI=1S/C13H24N2/c1-2-6-12(7-3-1)9-11-15-13-8-4-5-10-14-13/h12H,1-11H2,(H,14,15). The Morgan fingerprint density at radius 1 is 1.07 bits per heavy atom. The van der Waals surface area contributed by atoms with Crippen LogP contribution in [0.25, 0.3) is 0 Å². The number of amidine groups is 1. The monoisotopic (exact) mass is 208 g/mol. The summed E-state index contributed by atoms with van der Waals surface area (Å²) in [5, 5.41) is 3.52. The molecule has 2 heteroatoms. The molecule has 0 spiro atoms. The first-order chi connectivity index (χ1) is 7.45. The van der Waals surface area contributed by atoms with Crippen molar-refractivity contribution in [1.29, 1.82) is 0 Å². The molecule has 1 aliphatic carbocycles. The van der Waals surface area contributed by atoms with E-state index in [0.717, 1.165) is 19.0 Å². The van der Waals surface area contributed by atoms with E-state index in [4.69, 9.17) is 0 Å². The highest BCUT2D eigenvalue weighted by atomic mass is 15.0. The maximum atomic E-state index is 4.52. The molecular formula is C13H24N2. The fourth-order valence-corrected chi connectivity index (χ4v) is 2.74. The van der Waals surface area contributed by atoms with Gasteiger partial charge < -0.3 is 5.32 Å². The van der Waals surface area contributed by atoms with E-state index >= 15 is 0 Å². The summed E-state index contributed by atoms with van der Waals surface area (Å²) in [4.78, 5) is 4.52. The van der Waals surface area contributed by atoms with Crippen molar-refractivity contribution < 1.29 is 0 Å². The molecule has 0 amide bonds. The van der Waals surface area contributed by atoms with Crippen LogP contribution in [-0.2, 0) is 0 Å². The summed E-state index contributed by atoms with van der Waals surface area (Å²) in [5.41, 5.74) is 0. The van der Waals surface area contributed by atoms with Crippen LogP contribution in [0.4, 0.5) is 0 Å². The third-order valence-electron chi connectivity index (χ3n) is 3.73. The highest BCUT2D eigenvalue weighted by molar-refractivity contribution is 5.82. The van der Waals surface area contributed by atoms with Crippen molar-refractivity contribution >= 4 is 5.84 Å². The SMILES string of the molecule is C1CCC(CCNC2=NCCCC2)CC1. The molecule has 0 aromatic heterocycles. The number of aliphatic imine (C=N–C) groups is 1. The molecule has 1 fully saturated rings. The second-order valence-electron chi connectivity index (χ2n) is 5.01. The van der Waals surface area contributed by atoms with Crippen LogP contribution in [0, 0.1) is 5.92 Å². The number of rotatable bonds is 3. The smallest absolute Gasteiger partial charge is 0.0963 e. The Kier molecular flexibility index (Phi) is 4.49. The van der Waals surface area contributed by atoms with Gasteiger partial charge in [0, 0.05) is 19.5 Å². The molecule has 1 aliphatic heterocycles. The van der Waals surface area contributed by atoms with Crippen molar-refractivity contribution in [3.05, 3.63) is 0 Å². The third-order valence-corrected chi connectivity index (χ3v) is 3.73. The molecular weight excluding hydrogens is 184 g/mol. The lowest BCUT2D eigenvalue weighted by molar-refractivity contribution is 0.339. The molecule has 0 bridgehead atoms. The van der Waals surface area contributed by atoms with Gasteiger partial charge in [0.15, 0.2) is 0 Å². The van der Waals surface area contributed by atoms with E-state index in [1.54, 1.807) is 0 Å². The molecule has 0 atom stereocenters. The first-order valence-corrected chi connectivity index (χ1v) is 6.72. The topological polar surface area (TPSA) is 24.4 Å². The van der Waals surface area contributed by atoms with E-state index in [1.165, 1.54) is 63.6 Å². The highest BCUT2D eigenvalue weighted by Gasteiger charge is 2.13. The minimum atomic E-state index is 0.996. The molecule has 0 saturated heterocycles. The molecule has 2 nitrogen and oxygen atoms in total. The zero-order valence-corrected chi connectivity index (χ0v) is 9.80. The molecule has 2 aliphatic rings. The quantitative estimate of drug-likeness (QED) is 0.757. The van der Waals surface area contributed by atoms with Gasteiger partial charge in [0.1, 0.15) is 0 Å². The average Bonchev–Trinajstić information content (AvgIpc) is 2.32. The van der Waals surface area contributed by atoms with E-state index < -0.39 is 0 Å². The summed E-state index contributed by atoms with van der Waals surface area (Å²) in [6.07, 6.45) is 12.5. The molecule has 1 N–H and O–H groups in total. The third kappa shape index (κ3) is 3.84. The average molecular weight is 208 g/mol. The van der Waals surface area contributed by atoms with Gasteiger partial charge in [-0.05, 0) is 25.2 Å². The van der Waals surface area contributed by atoms with E-state index in [0.29, 0.717) is 0 Å². The Morgan fingerprint density at radius 2 is 1.93 bits per heavy atom. The summed E-state index contributed by atoms with van der Waals surface area (Å²) < 4.78 is 0. The minimum absolute atomic E-state index is 0.996. The van der Waals surface area contributed by atoms with Gasteiger partial charge >= 0.3 is 0 Å². The summed E-state index contributed by atoms with van der Waals surface area (Å²) in [6, 6.07) is 0. The second-order valence-corrected chi connectivity index (χ2v) is 5.01. The van der Waals surface area contributed by atoms with Gasteiger partial charge in [-0.3, -0.25) is 4.99 Å². The van der Waals surface area contributed by atoms with Crippen molar-refractivity contribution in [2.75, 3.05) is 13.1 Å². The normalized spacial score (nSPS) is 23.6. The first-order valence-electron chi connectivity index (χ1n) is 6.72.